The molecule has 0 saturated heterocycles. The maximum atomic E-state index is 6.19. The highest BCUT2D eigenvalue weighted by Crippen LogP contribution is 2.40. The molecule has 0 radical (unpaired) electrons. The molecule has 2 aromatic carbocycles. The maximum absolute atomic E-state index is 6.19. The Morgan fingerprint density at radius 2 is 2.09 bits per heavy atom. The molecule has 0 saturated carbocycles. The van der Waals surface area contributed by atoms with Crippen LogP contribution in [0.25, 0.3) is 0 Å². The molecule has 0 amide bonds. The number of hydrogen-bond acceptors (Lipinski definition) is 4. The number of anilines is 1. The van der Waals surface area contributed by atoms with Crippen LogP contribution in [0.3, 0.4) is 0 Å². The minimum atomic E-state index is 0.0573. The third-order valence-electron chi connectivity index (χ3n) is 4.12. The molecule has 1 aliphatic heterocycles. The second kappa shape index (κ2) is 6.60. The summed E-state index contributed by atoms with van der Waals surface area (Å²) in [6.07, 6.45) is 0.781. The van der Waals surface area contributed by atoms with E-state index in [-0.39, 0.29) is 6.04 Å². The van der Waals surface area contributed by atoms with Crippen LogP contribution in [0.2, 0.25) is 5.02 Å². The van der Waals surface area contributed by atoms with Crippen LogP contribution in [-0.4, -0.2) is 19.4 Å². The number of rotatable bonds is 4. The molecule has 1 aliphatic rings. The van der Waals surface area contributed by atoms with Crippen molar-refractivity contribution in [3.8, 4) is 5.75 Å². The topological polar surface area (TPSA) is 50.9 Å². The van der Waals surface area contributed by atoms with Crippen LogP contribution >= 0.6 is 11.6 Å². The number of ether oxygens (including phenoxy) is 1. The molecule has 2 N–H and O–H groups in total. The molecule has 1 heterocycles. The Morgan fingerprint density at radius 3 is 2.83 bits per heavy atom. The minimum absolute atomic E-state index is 0.0573. The summed E-state index contributed by atoms with van der Waals surface area (Å²) in [5.74, 6) is 0.857. The molecule has 23 heavy (non-hydrogen) atoms. The summed E-state index contributed by atoms with van der Waals surface area (Å²) in [4.78, 5) is 0. The lowest BCUT2D eigenvalue weighted by Gasteiger charge is -2.26. The lowest BCUT2D eigenvalue weighted by Crippen LogP contribution is -2.20. The predicted molar refractivity (Wildman–Crippen MR) is 95.5 cm³/mol. The van der Waals surface area contributed by atoms with Gasteiger partial charge in [0.1, 0.15) is 5.75 Å². The molecule has 5 heteroatoms. The zero-order chi connectivity index (χ0) is 16.4. The first kappa shape index (κ1) is 15.8. The number of benzene rings is 2. The molecule has 1 unspecified atom stereocenters. The maximum Gasteiger partial charge on any atom is 0.124 e. The highest BCUT2D eigenvalue weighted by atomic mass is 35.5. The van der Waals surface area contributed by atoms with Crippen LogP contribution in [0.1, 0.15) is 23.6 Å². The number of halogens is 1. The second-order valence-corrected chi connectivity index (χ2v) is 6.04. The Labute approximate surface area is 141 Å². The van der Waals surface area contributed by atoms with E-state index in [2.05, 4.69) is 13.0 Å². The van der Waals surface area contributed by atoms with Crippen LogP contribution in [0.4, 0.5) is 5.69 Å². The summed E-state index contributed by atoms with van der Waals surface area (Å²) in [5, 5.41) is 7.43. The average Bonchev–Trinajstić information content (AvgIpc) is 3.01. The summed E-state index contributed by atoms with van der Waals surface area (Å²) < 4.78 is 5.53. The number of hydrazone groups is 1. The zero-order valence-electron chi connectivity index (χ0n) is 13.3. The number of para-hydroxylation sites is 1. The van der Waals surface area contributed by atoms with Gasteiger partial charge in [-0.3, -0.25) is 5.01 Å². The smallest absolute Gasteiger partial charge is 0.124 e. The van der Waals surface area contributed by atoms with Gasteiger partial charge in [0.2, 0.25) is 0 Å². The fourth-order valence-electron chi connectivity index (χ4n) is 2.93. The van der Waals surface area contributed by atoms with Crippen LogP contribution in [0, 0.1) is 6.92 Å². The number of methoxy groups -OCH3 is 1. The summed E-state index contributed by atoms with van der Waals surface area (Å²) in [5.41, 5.74) is 10.0. The van der Waals surface area contributed by atoms with Gasteiger partial charge in [0.25, 0.3) is 0 Å². The van der Waals surface area contributed by atoms with Gasteiger partial charge >= 0.3 is 0 Å². The summed E-state index contributed by atoms with van der Waals surface area (Å²) in [7, 11) is 1.69. The Bertz CT molecular complexity index is 745. The number of aryl methyl sites for hydroxylation is 1. The van der Waals surface area contributed by atoms with Crippen LogP contribution in [0.15, 0.2) is 47.6 Å². The van der Waals surface area contributed by atoms with Gasteiger partial charge in [0.05, 0.1) is 24.6 Å². The van der Waals surface area contributed by atoms with Crippen LogP contribution < -0.4 is 15.5 Å². The van der Waals surface area contributed by atoms with Crippen molar-refractivity contribution in [2.75, 3.05) is 18.7 Å². The van der Waals surface area contributed by atoms with Crippen molar-refractivity contribution in [3.05, 3.63) is 58.6 Å². The largest absolute Gasteiger partial charge is 0.496 e. The van der Waals surface area contributed by atoms with Gasteiger partial charge in [-0.2, -0.15) is 5.10 Å². The van der Waals surface area contributed by atoms with Gasteiger partial charge in [0, 0.05) is 23.6 Å². The van der Waals surface area contributed by atoms with Gasteiger partial charge in [-0.25, -0.2) is 0 Å². The van der Waals surface area contributed by atoms with Gasteiger partial charge in [0.15, 0.2) is 0 Å². The minimum Gasteiger partial charge on any atom is -0.496 e. The van der Waals surface area contributed by atoms with Crippen molar-refractivity contribution in [2.24, 2.45) is 10.8 Å². The molecule has 120 valence electrons. The van der Waals surface area contributed by atoms with Crippen molar-refractivity contribution in [1.29, 1.82) is 0 Å². The second-order valence-electron chi connectivity index (χ2n) is 5.61. The first-order chi connectivity index (χ1) is 11.1. The first-order valence-corrected chi connectivity index (χ1v) is 7.96. The Balaban J connectivity index is 2.08. The molecular weight excluding hydrogens is 310 g/mol. The van der Waals surface area contributed by atoms with Gasteiger partial charge in [-0.05, 0) is 30.7 Å². The van der Waals surface area contributed by atoms with Crippen LogP contribution in [0.5, 0.6) is 5.75 Å². The van der Waals surface area contributed by atoms with E-state index in [1.54, 1.807) is 7.11 Å². The van der Waals surface area contributed by atoms with Crippen LogP contribution in [-0.2, 0) is 0 Å². The van der Waals surface area contributed by atoms with E-state index in [1.807, 2.05) is 41.4 Å². The number of hydrogen-bond donors (Lipinski definition) is 1. The number of nitrogens with two attached hydrogens (primary N) is 1. The van der Waals surface area contributed by atoms with E-state index in [0.29, 0.717) is 11.6 Å². The Morgan fingerprint density at radius 1 is 1.30 bits per heavy atom. The first-order valence-electron chi connectivity index (χ1n) is 7.58. The molecular formula is C18H20ClN3O. The van der Waals surface area contributed by atoms with E-state index in [1.165, 1.54) is 0 Å². The standard InChI is InChI=1S/C18H20ClN3O/c1-12-7-8-13(19)9-16(12)22-17(10-14(11-20)21-22)15-5-3-4-6-18(15)23-2/h3-9,17H,10-11,20H2,1-2H3. The van der Waals surface area contributed by atoms with Crippen molar-refractivity contribution < 1.29 is 4.74 Å². The number of nitrogens with zero attached hydrogens (tertiary/aromatic N) is 2. The van der Waals surface area contributed by atoms with E-state index in [4.69, 9.17) is 27.2 Å². The van der Waals surface area contributed by atoms with Gasteiger partial charge in [-0.15, -0.1) is 0 Å². The molecule has 2 aromatic rings. The fraction of sp³-hybridized carbons (Fsp3) is 0.278. The molecule has 4 nitrogen and oxygen atoms in total. The molecule has 0 aromatic heterocycles. The van der Waals surface area contributed by atoms with Gasteiger partial charge in [-0.1, -0.05) is 35.9 Å². The van der Waals surface area contributed by atoms with E-state index in [0.717, 1.165) is 34.7 Å². The molecule has 0 spiro atoms. The van der Waals surface area contributed by atoms with E-state index in [9.17, 15) is 0 Å². The van der Waals surface area contributed by atoms with Gasteiger partial charge < -0.3 is 10.5 Å². The molecule has 0 fully saturated rings. The van der Waals surface area contributed by atoms with Crippen molar-refractivity contribution in [2.45, 2.75) is 19.4 Å². The molecule has 0 aliphatic carbocycles. The normalized spacial score (nSPS) is 17.3. The fourth-order valence-corrected chi connectivity index (χ4v) is 3.10. The van der Waals surface area contributed by atoms with Crippen molar-refractivity contribution in [3.63, 3.8) is 0 Å². The molecule has 0 bridgehead atoms. The monoisotopic (exact) mass is 329 g/mol. The highest BCUT2D eigenvalue weighted by Gasteiger charge is 2.31. The SMILES string of the molecule is COc1ccccc1C1CC(CN)=NN1c1cc(Cl)ccc1C. The third-order valence-corrected chi connectivity index (χ3v) is 4.36. The summed E-state index contributed by atoms with van der Waals surface area (Å²) in [6, 6.07) is 13.9. The molecule has 1 atom stereocenters. The predicted octanol–water partition coefficient (Wildman–Crippen LogP) is 3.92. The summed E-state index contributed by atoms with van der Waals surface area (Å²) in [6.45, 7) is 2.50. The quantitative estimate of drug-likeness (QED) is 0.924. The zero-order valence-corrected chi connectivity index (χ0v) is 14.0. The molecule has 3 rings (SSSR count). The Hall–Kier alpha value is -2.04. The highest BCUT2D eigenvalue weighted by molar-refractivity contribution is 6.30. The third kappa shape index (κ3) is 3.05. The Kier molecular flexibility index (Phi) is 4.55. The lowest BCUT2D eigenvalue weighted by molar-refractivity contribution is 0.405. The summed E-state index contributed by atoms with van der Waals surface area (Å²) >= 11 is 6.19. The van der Waals surface area contributed by atoms with E-state index < -0.39 is 0 Å². The van der Waals surface area contributed by atoms with Crippen molar-refractivity contribution >= 4 is 23.0 Å². The lowest BCUT2D eigenvalue weighted by atomic mass is 10.00. The van der Waals surface area contributed by atoms with Crippen molar-refractivity contribution in [1.82, 2.24) is 0 Å². The van der Waals surface area contributed by atoms with E-state index >= 15 is 0 Å². The average molecular weight is 330 g/mol.